The van der Waals surface area contributed by atoms with Crippen LogP contribution in [-0.4, -0.2) is 37.1 Å². The summed E-state index contributed by atoms with van der Waals surface area (Å²) in [7, 11) is 1.52. The Kier molecular flexibility index (Phi) is 5.59. The average Bonchev–Trinajstić information content (AvgIpc) is 2.39. The molecule has 100 valence electrons. The minimum Gasteiger partial charge on any atom is -0.370 e. The Hall–Kier alpha value is -1.10. The molecule has 2 N–H and O–H groups in total. The quantitative estimate of drug-likeness (QED) is 0.890. The van der Waals surface area contributed by atoms with Crippen LogP contribution in [0, 0.1) is 0 Å². The van der Waals surface area contributed by atoms with Crippen LogP contribution in [0.15, 0.2) is 24.3 Å². The lowest BCUT2D eigenvalue weighted by Gasteiger charge is -2.31. The van der Waals surface area contributed by atoms with Crippen LogP contribution < -0.4 is 5.73 Å². The second-order valence-corrected chi connectivity index (χ2v) is 4.24. The van der Waals surface area contributed by atoms with Gasteiger partial charge in [0.05, 0.1) is 0 Å². The third-order valence-corrected chi connectivity index (χ3v) is 3.22. The largest absolute Gasteiger partial charge is 0.370 e. The Labute approximate surface area is 114 Å². The standard InChI is InChI=1S/C13H18N2O2.ClH/c1-17-12(8-14)13(16)15-7-6-10-4-2-3-5-11(10)9-15;/h2-5,12H,6-9,14H2,1H3;1H. The van der Waals surface area contributed by atoms with Crippen molar-refractivity contribution in [3.05, 3.63) is 35.4 Å². The van der Waals surface area contributed by atoms with Crippen molar-refractivity contribution in [1.29, 1.82) is 0 Å². The van der Waals surface area contributed by atoms with Crippen LogP contribution in [-0.2, 0) is 22.5 Å². The molecule has 0 aliphatic carbocycles. The topological polar surface area (TPSA) is 55.6 Å². The van der Waals surface area contributed by atoms with Gasteiger partial charge in [0.1, 0.15) is 6.10 Å². The van der Waals surface area contributed by atoms with Gasteiger partial charge < -0.3 is 15.4 Å². The maximum atomic E-state index is 12.1. The maximum absolute atomic E-state index is 12.1. The fourth-order valence-electron chi connectivity index (χ4n) is 2.19. The monoisotopic (exact) mass is 270 g/mol. The van der Waals surface area contributed by atoms with Crippen LogP contribution in [0.25, 0.3) is 0 Å². The van der Waals surface area contributed by atoms with Crippen molar-refractivity contribution in [3.63, 3.8) is 0 Å². The molecule has 0 radical (unpaired) electrons. The van der Waals surface area contributed by atoms with Crippen molar-refractivity contribution in [2.45, 2.75) is 19.1 Å². The van der Waals surface area contributed by atoms with Crippen molar-refractivity contribution >= 4 is 18.3 Å². The van der Waals surface area contributed by atoms with Gasteiger partial charge in [0.2, 0.25) is 0 Å². The van der Waals surface area contributed by atoms with Crippen molar-refractivity contribution < 1.29 is 9.53 Å². The summed E-state index contributed by atoms with van der Waals surface area (Å²) in [5.74, 6) is -0.00972. The first-order chi connectivity index (χ1) is 8.26. The first-order valence-electron chi connectivity index (χ1n) is 5.84. The summed E-state index contributed by atoms with van der Waals surface area (Å²) in [5.41, 5.74) is 8.07. The highest BCUT2D eigenvalue weighted by atomic mass is 35.5. The Bertz CT molecular complexity index is 408. The van der Waals surface area contributed by atoms with Gasteiger partial charge in [-0.2, -0.15) is 0 Å². The predicted octanol–water partition coefficient (Wildman–Crippen LogP) is 0.967. The number of carbonyl (C=O) groups excluding carboxylic acids is 1. The first kappa shape index (κ1) is 15.0. The number of fused-ring (bicyclic) bond motifs is 1. The molecule has 1 aromatic carbocycles. The van der Waals surface area contributed by atoms with Gasteiger partial charge in [-0.05, 0) is 17.5 Å². The Balaban J connectivity index is 0.00000162. The molecular weight excluding hydrogens is 252 g/mol. The number of nitrogens with two attached hydrogens (primary N) is 1. The third kappa shape index (κ3) is 3.02. The summed E-state index contributed by atoms with van der Waals surface area (Å²) in [6, 6.07) is 8.23. The second-order valence-electron chi connectivity index (χ2n) is 4.24. The Morgan fingerprint density at radius 2 is 2.11 bits per heavy atom. The molecule has 1 aliphatic heterocycles. The van der Waals surface area contributed by atoms with Gasteiger partial charge in [-0.15, -0.1) is 12.4 Å². The fraction of sp³-hybridized carbons (Fsp3) is 0.462. The number of rotatable bonds is 3. The molecule has 0 aromatic heterocycles. The van der Waals surface area contributed by atoms with Gasteiger partial charge in [-0.1, -0.05) is 24.3 Å². The number of amides is 1. The number of carbonyl (C=O) groups is 1. The lowest BCUT2D eigenvalue weighted by molar-refractivity contribution is -0.142. The number of nitrogens with zero attached hydrogens (tertiary/aromatic N) is 1. The summed E-state index contributed by atoms with van der Waals surface area (Å²) in [6.07, 6.45) is 0.392. The van der Waals surface area contributed by atoms with E-state index < -0.39 is 6.10 Å². The predicted molar refractivity (Wildman–Crippen MR) is 72.7 cm³/mol. The molecule has 1 atom stereocenters. The van der Waals surface area contributed by atoms with Crippen molar-refractivity contribution in [2.75, 3.05) is 20.2 Å². The number of halogens is 1. The minimum absolute atomic E-state index is 0. The molecule has 1 heterocycles. The zero-order valence-electron chi connectivity index (χ0n) is 10.5. The number of ether oxygens (including phenoxy) is 1. The molecule has 0 spiro atoms. The highest BCUT2D eigenvalue weighted by Gasteiger charge is 2.25. The smallest absolute Gasteiger partial charge is 0.253 e. The van der Waals surface area contributed by atoms with Gasteiger partial charge >= 0.3 is 0 Å². The number of benzene rings is 1. The summed E-state index contributed by atoms with van der Waals surface area (Å²) in [4.78, 5) is 13.9. The molecule has 0 fully saturated rings. The summed E-state index contributed by atoms with van der Waals surface area (Å²) >= 11 is 0. The molecule has 0 saturated carbocycles. The molecule has 5 heteroatoms. The molecule has 1 unspecified atom stereocenters. The summed E-state index contributed by atoms with van der Waals surface area (Å²) in [5, 5.41) is 0. The number of methoxy groups -OCH3 is 1. The van der Waals surface area contributed by atoms with E-state index in [0.29, 0.717) is 6.54 Å². The normalized spacial score (nSPS) is 15.6. The average molecular weight is 271 g/mol. The Morgan fingerprint density at radius 3 is 2.72 bits per heavy atom. The van der Waals surface area contributed by atoms with Gasteiger partial charge in [0, 0.05) is 26.7 Å². The van der Waals surface area contributed by atoms with E-state index in [1.807, 2.05) is 17.0 Å². The summed E-state index contributed by atoms with van der Waals surface area (Å²) < 4.78 is 5.09. The molecule has 1 aliphatic rings. The van der Waals surface area contributed by atoms with Crippen LogP contribution in [0.3, 0.4) is 0 Å². The molecule has 18 heavy (non-hydrogen) atoms. The van der Waals surface area contributed by atoms with E-state index in [-0.39, 0.29) is 24.9 Å². The van der Waals surface area contributed by atoms with Crippen molar-refractivity contribution in [1.82, 2.24) is 4.90 Å². The van der Waals surface area contributed by atoms with E-state index in [4.69, 9.17) is 10.5 Å². The number of hydrogen-bond acceptors (Lipinski definition) is 3. The van der Waals surface area contributed by atoms with Crippen LogP contribution in [0.2, 0.25) is 0 Å². The minimum atomic E-state index is -0.514. The maximum Gasteiger partial charge on any atom is 0.253 e. The van der Waals surface area contributed by atoms with Crippen LogP contribution >= 0.6 is 12.4 Å². The van der Waals surface area contributed by atoms with Crippen LogP contribution in [0.5, 0.6) is 0 Å². The van der Waals surface area contributed by atoms with Gasteiger partial charge in [0.15, 0.2) is 0 Å². The molecule has 2 rings (SSSR count). The van der Waals surface area contributed by atoms with Gasteiger partial charge in [0.25, 0.3) is 5.91 Å². The molecule has 0 saturated heterocycles. The highest BCUT2D eigenvalue weighted by molar-refractivity contribution is 5.85. The Morgan fingerprint density at radius 1 is 1.44 bits per heavy atom. The fourth-order valence-corrected chi connectivity index (χ4v) is 2.19. The van der Waals surface area contributed by atoms with Crippen LogP contribution in [0.1, 0.15) is 11.1 Å². The molecular formula is C13H19ClN2O2. The SMILES string of the molecule is COC(CN)C(=O)N1CCc2ccccc2C1.Cl. The third-order valence-electron chi connectivity index (χ3n) is 3.22. The van der Waals surface area contributed by atoms with E-state index in [1.54, 1.807) is 0 Å². The van der Waals surface area contributed by atoms with Gasteiger partial charge in [-0.25, -0.2) is 0 Å². The zero-order valence-corrected chi connectivity index (χ0v) is 11.3. The van der Waals surface area contributed by atoms with Gasteiger partial charge in [-0.3, -0.25) is 4.79 Å². The molecule has 0 bridgehead atoms. The highest BCUT2D eigenvalue weighted by Crippen LogP contribution is 2.19. The van der Waals surface area contributed by atoms with E-state index in [0.717, 1.165) is 13.0 Å². The van der Waals surface area contributed by atoms with E-state index in [2.05, 4.69) is 12.1 Å². The first-order valence-corrected chi connectivity index (χ1v) is 5.84. The zero-order chi connectivity index (χ0) is 12.3. The molecule has 4 nitrogen and oxygen atoms in total. The lowest BCUT2D eigenvalue weighted by Crippen LogP contribution is -2.45. The second kappa shape index (κ2) is 6.73. The van der Waals surface area contributed by atoms with E-state index in [9.17, 15) is 4.79 Å². The molecule has 1 aromatic rings. The molecule has 1 amide bonds. The lowest BCUT2D eigenvalue weighted by atomic mass is 9.99. The number of hydrogen-bond donors (Lipinski definition) is 1. The van der Waals surface area contributed by atoms with E-state index >= 15 is 0 Å². The van der Waals surface area contributed by atoms with E-state index in [1.165, 1.54) is 18.2 Å². The van der Waals surface area contributed by atoms with Crippen molar-refractivity contribution in [2.24, 2.45) is 5.73 Å². The van der Waals surface area contributed by atoms with Crippen LogP contribution in [0.4, 0.5) is 0 Å². The van der Waals surface area contributed by atoms with Crippen molar-refractivity contribution in [3.8, 4) is 0 Å². The summed E-state index contributed by atoms with van der Waals surface area (Å²) in [6.45, 7) is 1.64.